The van der Waals surface area contributed by atoms with Crippen LogP contribution in [0.15, 0.2) is 83.8 Å². The first-order valence-corrected chi connectivity index (χ1v) is 10.2. The minimum atomic E-state index is -4.27. The van der Waals surface area contributed by atoms with Crippen molar-refractivity contribution in [2.45, 2.75) is 4.90 Å². The van der Waals surface area contributed by atoms with Gasteiger partial charge in [0.05, 0.1) is 21.8 Å². The molecule has 1 amide bonds. The highest BCUT2D eigenvalue weighted by Crippen LogP contribution is 2.26. The molecule has 0 spiro atoms. The standard InChI is InChI=1S/C21H17FN2O5S/c22-17-11-5-7-13-19(17)24(30(28,29)15-8-2-1-3-9-15)14-20(25)23-18-12-6-4-10-16(18)21(26)27/h1-13H,14H2,(H,23,25)(H,26,27). The van der Waals surface area contributed by atoms with Crippen molar-refractivity contribution >= 4 is 33.3 Å². The molecule has 3 rings (SSSR count). The lowest BCUT2D eigenvalue weighted by molar-refractivity contribution is -0.114. The third-order valence-electron chi connectivity index (χ3n) is 4.17. The van der Waals surface area contributed by atoms with E-state index in [1.807, 2.05) is 0 Å². The number of carboxylic acid groups (broad SMARTS) is 1. The van der Waals surface area contributed by atoms with Crippen LogP contribution in [0, 0.1) is 5.82 Å². The van der Waals surface area contributed by atoms with E-state index in [4.69, 9.17) is 0 Å². The Morgan fingerprint density at radius 1 is 0.900 bits per heavy atom. The molecular weight excluding hydrogens is 411 g/mol. The molecule has 3 aromatic rings. The van der Waals surface area contributed by atoms with Crippen molar-refractivity contribution in [2.24, 2.45) is 0 Å². The molecule has 3 aromatic carbocycles. The van der Waals surface area contributed by atoms with E-state index in [9.17, 15) is 27.5 Å². The van der Waals surface area contributed by atoms with Crippen LogP contribution in [0.2, 0.25) is 0 Å². The number of hydrogen-bond donors (Lipinski definition) is 2. The molecule has 9 heteroatoms. The number of sulfonamides is 1. The number of hydrogen-bond acceptors (Lipinski definition) is 4. The van der Waals surface area contributed by atoms with Crippen LogP contribution in [0.4, 0.5) is 15.8 Å². The predicted molar refractivity (Wildman–Crippen MR) is 109 cm³/mol. The largest absolute Gasteiger partial charge is 0.478 e. The maximum Gasteiger partial charge on any atom is 0.337 e. The molecule has 7 nitrogen and oxygen atoms in total. The average molecular weight is 428 g/mol. The number of nitrogens with one attached hydrogen (secondary N) is 1. The summed E-state index contributed by atoms with van der Waals surface area (Å²) in [7, 11) is -4.27. The number of aromatic carboxylic acids is 1. The van der Waals surface area contributed by atoms with Gasteiger partial charge in [-0.05, 0) is 36.4 Å². The first-order chi connectivity index (χ1) is 14.3. The Morgan fingerprint density at radius 2 is 1.50 bits per heavy atom. The second kappa shape index (κ2) is 8.75. The number of halogens is 1. The minimum absolute atomic E-state index is 0.000549. The summed E-state index contributed by atoms with van der Waals surface area (Å²) in [6.07, 6.45) is 0. The smallest absolute Gasteiger partial charge is 0.337 e. The summed E-state index contributed by atoms with van der Waals surface area (Å²) in [5, 5.41) is 11.6. The second-order valence-corrected chi connectivity index (χ2v) is 8.04. The van der Waals surface area contributed by atoms with E-state index >= 15 is 0 Å². The molecule has 0 atom stereocenters. The molecule has 0 bridgehead atoms. The number of carbonyl (C=O) groups is 2. The SMILES string of the molecule is O=C(CN(c1ccccc1F)S(=O)(=O)c1ccccc1)Nc1ccccc1C(=O)O. The summed E-state index contributed by atoms with van der Waals surface area (Å²) >= 11 is 0. The van der Waals surface area contributed by atoms with Crippen molar-refractivity contribution in [1.29, 1.82) is 0 Å². The van der Waals surface area contributed by atoms with Gasteiger partial charge in [0, 0.05) is 0 Å². The lowest BCUT2D eigenvalue weighted by atomic mass is 10.2. The van der Waals surface area contributed by atoms with E-state index in [1.54, 1.807) is 6.07 Å². The summed E-state index contributed by atoms with van der Waals surface area (Å²) in [5.41, 5.74) is -0.460. The normalized spacial score (nSPS) is 11.0. The van der Waals surface area contributed by atoms with Crippen LogP contribution in [0.5, 0.6) is 0 Å². The van der Waals surface area contributed by atoms with Crippen molar-refractivity contribution in [3.8, 4) is 0 Å². The van der Waals surface area contributed by atoms with Crippen molar-refractivity contribution in [2.75, 3.05) is 16.2 Å². The van der Waals surface area contributed by atoms with Gasteiger partial charge in [0.2, 0.25) is 5.91 Å². The number of benzene rings is 3. The van der Waals surface area contributed by atoms with Gasteiger partial charge in [-0.2, -0.15) is 0 Å². The molecule has 0 saturated heterocycles. The Labute approximate surface area is 172 Å². The van der Waals surface area contributed by atoms with Gasteiger partial charge in [0.25, 0.3) is 10.0 Å². The van der Waals surface area contributed by atoms with Gasteiger partial charge in [-0.25, -0.2) is 17.6 Å². The van der Waals surface area contributed by atoms with Crippen LogP contribution < -0.4 is 9.62 Å². The molecule has 0 saturated carbocycles. The van der Waals surface area contributed by atoms with E-state index in [0.29, 0.717) is 4.31 Å². The number of carboxylic acids is 1. The zero-order valence-electron chi connectivity index (χ0n) is 15.5. The number of amides is 1. The van der Waals surface area contributed by atoms with Gasteiger partial charge in [-0.3, -0.25) is 9.10 Å². The van der Waals surface area contributed by atoms with Crippen LogP contribution in [-0.2, 0) is 14.8 Å². The molecule has 0 aliphatic rings. The zero-order valence-corrected chi connectivity index (χ0v) is 16.3. The lowest BCUT2D eigenvalue weighted by Gasteiger charge is -2.24. The molecule has 0 aliphatic carbocycles. The fourth-order valence-corrected chi connectivity index (χ4v) is 4.22. The topological polar surface area (TPSA) is 104 Å². The first-order valence-electron chi connectivity index (χ1n) is 8.75. The van der Waals surface area contributed by atoms with Crippen molar-refractivity contribution in [3.05, 3.63) is 90.2 Å². The third kappa shape index (κ3) is 4.47. The molecule has 0 aromatic heterocycles. The quantitative estimate of drug-likeness (QED) is 0.601. The second-order valence-electron chi connectivity index (χ2n) is 6.18. The Kier molecular flexibility index (Phi) is 6.12. The Bertz CT molecular complexity index is 1180. The van der Waals surface area contributed by atoms with Gasteiger partial charge < -0.3 is 10.4 Å². The van der Waals surface area contributed by atoms with Crippen LogP contribution >= 0.6 is 0 Å². The van der Waals surface area contributed by atoms with Crippen molar-refractivity contribution < 1.29 is 27.5 Å². The molecule has 0 aliphatic heterocycles. The Morgan fingerprint density at radius 3 is 2.17 bits per heavy atom. The molecule has 0 radical (unpaired) electrons. The highest BCUT2D eigenvalue weighted by Gasteiger charge is 2.29. The summed E-state index contributed by atoms with van der Waals surface area (Å²) in [4.78, 5) is 23.8. The lowest BCUT2D eigenvalue weighted by Crippen LogP contribution is -2.38. The molecule has 2 N–H and O–H groups in total. The monoisotopic (exact) mass is 428 g/mol. The van der Waals surface area contributed by atoms with E-state index in [2.05, 4.69) is 5.32 Å². The maximum atomic E-state index is 14.4. The molecule has 0 unspecified atom stereocenters. The van der Waals surface area contributed by atoms with Gasteiger partial charge in [-0.1, -0.05) is 42.5 Å². The van der Waals surface area contributed by atoms with Gasteiger partial charge in [-0.15, -0.1) is 0 Å². The third-order valence-corrected chi connectivity index (χ3v) is 5.95. The van der Waals surface area contributed by atoms with E-state index in [-0.39, 0.29) is 21.8 Å². The van der Waals surface area contributed by atoms with E-state index in [1.165, 1.54) is 66.7 Å². The summed E-state index contributed by atoms with van der Waals surface area (Å²) < 4.78 is 41.3. The summed E-state index contributed by atoms with van der Waals surface area (Å²) in [6.45, 7) is -0.758. The van der Waals surface area contributed by atoms with Crippen molar-refractivity contribution in [1.82, 2.24) is 0 Å². The highest BCUT2D eigenvalue weighted by molar-refractivity contribution is 7.92. The number of nitrogens with zero attached hydrogens (tertiary/aromatic N) is 1. The van der Waals surface area contributed by atoms with Crippen LogP contribution in [0.25, 0.3) is 0 Å². The highest BCUT2D eigenvalue weighted by atomic mass is 32.2. The number of para-hydroxylation sites is 2. The molecule has 154 valence electrons. The molecular formula is C21H17FN2O5S. The molecule has 0 fully saturated rings. The zero-order chi connectivity index (χ0) is 21.7. The van der Waals surface area contributed by atoms with Crippen molar-refractivity contribution in [3.63, 3.8) is 0 Å². The van der Waals surface area contributed by atoms with Crippen LogP contribution in [0.3, 0.4) is 0 Å². The van der Waals surface area contributed by atoms with E-state index in [0.717, 1.165) is 6.07 Å². The Balaban J connectivity index is 1.97. The summed E-state index contributed by atoms with van der Waals surface area (Å²) in [6, 6.07) is 18.2. The number of rotatable bonds is 7. The van der Waals surface area contributed by atoms with E-state index < -0.39 is 34.3 Å². The average Bonchev–Trinajstić information content (AvgIpc) is 2.73. The predicted octanol–water partition coefficient (Wildman–Crippen LogP) is 3.36. The van der Waals surface area contributed by atoms with Crippen LogP contribution in [0.1, 0.15) is 10.4 Å². The summed E-state index contributed by atoms with van der Waals surface area (Å²) in [5.74, 6) is -2.91. The Hall–Kier alpha value is -3.72. The number of anilines is 2. The van der Waals surface area contributed by atoms with Gasteiger partial charge >= 0.3 is 5.97 Å². The van der Waals surface area contributed by atoms with Gasteiger partial charge in [0.1, 0.15) is 12.4 Å². The van der Waals surface area contributed by atoms with Crippen LogP contribution in [-0.4, -0.2) is 31.9 Å². The number of carbonyl (C=O) groups excluding carboxylic acids is 1. The molecule has 30 heavy (non-hydrogen) atoms. The first kappa shape index (κ1) is 21.0. The van der Waals surface area contributed by atoms with Gasteiger partial charge in [0.15, 0.2) is 0 Å². The minimum Gasteiger partial charge on any atom is -0.478 e. The maximum absolute atomic E-state index is 14.4. The molecule has 0 heterocycles. The fourth-order valence-electron chi connectivity index (χ4n) is 2.77. The fraction of sp³-hybridized carbons (Fsp3) is 0.0476.